The molecule has 0 aliphatic carbocycles. The summed E-state index contributed by atoms with van der Waals surface area (Å²) in [5.41, 5.74) is 1.04. The number of benzene rings is 1. The first-order chi connectivity index (χ1) is 14.2. The van der Waals surface area contributed by atoms with Crippen molar-refractivity contribution in [3.05, 3.63) is 57.3 Å². The number of thiazole rings is 1. The van der Waals surface area contributed by atoms with E-state index >= 15 is 0 Å². The van der Waals surface area contributed by atoms with Crippen molar-refractivity contribution in [2.24, 2.45) is 0 Å². The van der Waals surface area contributed by atoms with Crippen LogP contribution in [0.2, 0.25) is 0 Å². The molecule has 3 aromatic heterocycles. The van der Waals surface area contributed by atoms with Crippen LogP contribution >= 0.6 is 22.7 Å². The first-order valence-electron chi connectivity index (χ1n) is 9.42. The summed E-state index contributed by atoms with van der Waals surface area (Å²) in [5.74, 6) is -0.0870. The summed E-state index contributed by atoms with van der Waals surface area (Å²) in [4.78, 5) is 32.0. The van der Waals surface area contributed by atoms with Crippen molar-refractivity contribution in [3.8, 4) is 10.8 Å². The average molecular weight is 427 g/mol. The number of carbonyl (C=O) groups excluding carboxylic acids is 1. The summed E-state index contributed by atoms with van der Waals surface area (Å²) < 4.78 is 7.49. The fourth-order valence-corrected chi connectivity index (χ4v) is 5.36. The largest absolute Gasteiger partial charge is 0.437 e. The highest BCUT2D eigenvalue weighted by atomic mass is 32.1. The molecule has 0 spiro atoms. The molecular weight excluding hydrogens is 408 g/mol. The molecule has 0 N–H and O–H groups in total. The van der Waals surface area contributed by atoms with Crippen molar-refractivity contribution >= 4 is 38.8 Å². The number of hydrogen-bond acceptors (Lipinski definition) is 7. The van der Waals surface area contributed by atoms with E-state index < -0.39 is 5.76 Å². The van der Waals surface area contributed by atoms with Crippen LogP contribution < -0.4 is 5.76 Å². The minimum Gasteiger partial charge on any atom is -0.387 e. The summed E-state index contributed by atoms with van der Waals surface area (Å²) in [5, 5.41) is 7.20. The fourth-order valence-electron chi connectivity index (χ4n) is 3.57. The molecule has 1 aliphatic rings. The molecule has 1 saturated heterocycles. The Hall–Kier alpha value is -2.78. The van der Waals surface area contributed by atoms with Crippen molar-refractivity contribution in [3.63, 3.8) is 0 Å². The highest BCUT2D eigenvalue weighted by Gasteiger charge is 2.27. The summed E-state index contributed by atoms with van der Waals surface area (Å²) in [6, 6.07) is 11.8. The quantitative estimate of drug-likeness (QED) is 0.498. The molecule has 1 aromatic carbocycles. The number of para-hydroxylation sites is 1. The van der Waals surface area contributed by atoms with E-state index in [4.69, 9.17) is 9.40 Å². The maximum absolute atomic E-state index is 12.7. The number of amides is 1. The molecule has 1 amide bonds. The number of aromatic nitrogens is 3. The summed E-state index contributed by atoms with van der Waals surface area (Å²) in [6.07, 6.45) is 1.75. The molecule has 5 rings (SSSR count). The highest BCUT2D eigenvalue weighted by molar-refractivity contribution is 7.18. The van der Waals surface area contributed by atoms with Gasteiger partial charge < -0.3 is 9.32 Å². The SMILES string of the molecule is O=C(Cn1nc(-c2cccs2)oc1=O)N1CCC(c2nc3ccccc3s2)CC1. The van der Waals surface area contributed by atoms with E-state index in [1.165, 1.54) is 16.0 Å². The monoisotopic (exact) mass is 426 g/mol. The lowest BCUT2D eigenvalue weighted by molar-refractivity contribution is -0.133. The molecule has 0 saturated carbocycles. The van der Waals surface area contributed by atoms with E-state index in [1.807, 2.05) is 35.7 Å². The van der Waals surface area contributed by atoms with Gasteiger partial charge in [0.05, 0.1) is 20.1 Å². The van der Waals surface area contributed by atoms with Crippen molar-refractivity contribution in [2.45, 2.75) is 25.3 Å². The number of thiophene rings is 1. The van der Waals surface area contributed by atoms with E-state index in [0.717, 1.165) is 32.9 Å². The van der Waals surface area contributed by atoms with Crippen LogP contribution in [0.1, 0.15) is 23.8 Å². The maximum Gasteiger partial charge on any atom is 0.437 e. The van der Waals surface area contributed by atoms with Crippen LogP contribution in [-0.4, -0.2) is 38.7 Å². The van der Waals surface area contributed by atoms with Gasteiger partial charge in [0.15, 0.2) is 0 Å². The fraction of sp³-hybridized carbons (Fsp3) is 0.300. The Kier molecular flexibility index (Phi) is 4.76. The van der Waals surface area contributed by atoms with Crippen LogP contribution in [0.25, 0.3) is 21.0 Å². The van der Waals surface area contributed by atoms with E-state index in [-0.39, 0.29) is 18.3 Å². The summed E-state index contributed by atoms with van der Waals surface area (Å²) >= 11 is 3.17. The van der Waals surface area contributed by atoms with Crippen LogP contribution in [0.15, 0.2) is 51.0 Å². The van der Waals surface area contributed by atoms with Crippen molar-refractivity contribution in [1.29, 1.82) is 0 Å². The Bertz CT molecular complexity index is 1170. The van der Waals surface area contributed by atoms with E-state index in [0.29, 0.717) is 19.0 Å². The number of nitrogens with zero attached hydrogens (tertiary/aromatic N) is 4. The number of rotatable bonds is 4. The second-order valence-corrected chi connectivity index (χ2v) is 8.99. The summed E-state index contributed by atoms with van der Waals surface area (Å²) in [7, 11) is 0. The van der Waals surface area contributed by atoms with Gasteiger partial charge in [-0.1, -0.05) is 18.2 Å². The first-order valence-corrected chi connectivity index (χ1v) is 11.1. The zero-order chi connectivity index (χ0) is 19.8. The first kappa shape index (κ1) is 18.3. The number of carbonyl (C=O) groups is 1. The number of fused-ring (bicyclic) bond motifs is 1. The molecule has 1 aliphatic heterocycles. The van der Waals surface area contributed by atoms with Gasteiger partial charge in [-0.15, -0.1) is 27.8 Å². The smallest absolute Gasteiger partial charge is 0.387 e. The molecule has 4 heterocycles. The molecule has 0 radical (unpaired) electrons. The van der Waals surface area contributed by atoms with E-state index in [2.05, 4.69) is 11.2 Å². The Morgan fingerprint density at radius 1 is 1.17 bits per heavy atom. The Labute approximate surface area is 174 Å². The molecule has 148 valence electrons. The van der Waals surface area contributed by atoms with Gasteiger partial charge in [0, 0.05) is 19.0 Å². The Morgan fingerprint density at radius 3 is 2.76 bits per heavy atom. The lowest BCUT2D eigenvalue weighted by Crippen LogP contribution is -2.41. The second kappa shape index (κ2) is 7.57. The van der Waals surface area contributed by atoms with Gasteiger partial charge in [0.1, 0.15) is 6.54 Å². The van der Waals surface area contributed by atoms with Gasteiger partial charge in [-0.2, -0.15) is 4.68 Å². The van der Waals surface area contributed by atoms with Gasteiger partial charge in [-0.25, -0.2) is 9.78 Å². The van der Waals surface area contributed by atoms with Gasteiger partial charge in [-0.05, 0) is 36.4 Å². The molecular formula is C20H18N4O3S2. The molecule has 0 atom stereocenters. The van der Waals surface area contributed by atoms with Crippen molar-refractivity contribution < 1.29 is 9.21 Å². The lowest BCUT2D eigenvalue weighted by atomic mass is 9.97. The van der Waals surface area contributed by atoms with E-state index in [9.17, 15) is 9.59 Å². The third kappa shape index (κ3) is 3.63. The standard InChI is InChI=1S/C20H18N4O3S2/c25-17(12-24-20(26)27-18(22-24)16-6-3-11-28-16)23-9-7-13(8-10-23)19-21-14-4-1-2-5-15(14)29-19/h1-6,11,13H,7-10,12H2. The van der Waals surface area contributed by atoms with Crippen LogP contribution in [0.3, 0.4) is 0 Å². The molecule has 1 fully saturated rings. The molecule has 4 aromatic rings. The number of hydrogen-bond donors (Lipinski definition) is 0. The molecule has 0 unspecified atom stereocenters. The minimum atomic E-state index is -0.605. The van der Waals surface area contributed by atoms with Crippen LogP contribution in [-0.2, 0) is 11.3 Å². The normalized spacial score (nSPS) is 15.2. The van der Waals surface area contributed by atoms with Gasteiger partial charge in [0.25, 0.3) is 5.89 Å². The zero-order valence-electron chi connectivity index (χ0n) is 15.5. The Balaban J connectivity index is 1.23. The van der Waals surface area contributed by atoms with Crippen LogP contribution in [0.5, 0.6) is 0 Å². The summed E-state index contributed by atoms with van der Waals surface area (Å²) in [6.45, 7) is 1.22. The Morgan fingerprint density at radius 2 is 2.00 bits per heavy atom. The van der Waals surface area contributed by atoms with Crippen LogP contribution in [0.4, 0.5) is 0 Å². The predicted molar refractivity (Wildman–Crippen MR) is 112 cm³/mol. The number of piperidine rings is 1. The van der Waals surface area contributed by atoms with Crippen molar-refractivity contribution in [2.75, 3.05) is 13.1 Å². The van der Waals surface area contributed by atoms with Gasteiger partial charge >= 0.3 is 5.76 Å². The molecule has 7 nitrogen and oxygen atoms in total. The molecule has 9 heteroatoms. The van der Waals surface area contributed by atoms with Crippen molar-refractivity contribution in [1.82, 2.24) is 19.7 Å². The van der Waals surface area contributed by atoms with Gasteiger partial charge in [-0.3, -0.25) is 4.79 Å². The average Bonchev–Trinajstić information content (AvgIpc) is 3.48. The number of likely N-dealkylation sites (tertiary alicyclic amines) is 1. The van der Waals surface area contributed by atoms with E-state index in [1.54, 1.807) is 16.2 Å². The third-order valence-corrected chi connectivity index (χ3v) is 7.19. The zero-order valence-corrected chi connectivity index (χ0v) is 17.1. The lowest BCUT2D eigenvalue weighted by Gasteiger charge is -2.31. The second-order valence-electron chi connectivity index (χ2n) is 6.98. The third-order valence-electron chi connectivity index (χ3n) is 5.13. The molecule has 29 heavy (non-hydrogen) atoms. The van der Waals surface area contributed by atoms with Crippen LogP contribution in [0, 0.1) is 0 Å². The topological polar surface area (TPSA) is 81.2 Å². The minimum absolute atomic E-state index is 0.0977. The highest BCUT2D eigenvalue weighted by Crippen LogP contribution is 2.33. The molecule has 0 bridgehead atoms. The maximum atomic E-state index is 12.7. The predicted octanol–water partition coefficient (Wildman–Crippen LogP) is 3.58. The van der Waals surface area contributed by atoms with Gasteiger partial charge in [0.2, 0.25) is 5.91 Å².